The highest BCUT2D eigenvalue weighted by Gasteiger charge is 2.23. The second-order valence-corrected chi connectivity index (χ2v) is 7.69. The lowest BCUT2D eigenvalue weighted by atomic mass is 10.1. The summed E-state index contributed by atoms with van der Waals surface area (Å²) in [5.41, 5.74) is 4.04. The van der Waals surface area contributed by atoms with Gasteiger partial charge < -0.3 is 4.74 Å². The third-order valence-corrected chi connectivity index (χ3v) is 5.43. The lowest BCUT2D eigenvalue weighted by Crippen LogP contribution is -2.36. The smallest absolute Gasteiger partial charge is 0.413 e. The molecule has 0 saturated carbocycles. The van der Waals surface area contributed by atoms with Crippen LogP contribution in [0.5, 0.6) is 0 Å². The summed E-state index contributed by atoms with van der Waals surface area (Å²) in [5, 5.41) is 10.8. The second kappa shape index (κ2) is 8.87. The fraction of sp³-hybridized carbons (Fsp3) is 0.250. The molecule has 3 rings (SSSR count). The highest BCUT2D eigenvalue weighted by Crippen LogP contribution is 2.30. The fourth-order valence-corrected chi connectivity index (χ4v) is 3.46. The molecular weight excluding hydrogens is 390 g/mol. The molecule has 150 valence electrons. The number of carbonyl (C=O) groups excluding carboxylic acids is 2. The van der Waals surface area contributed by atoms with Gasteiger partial charge in [0.2, 0.25) is 5.91 Å². The first-order valence-corrected chi connectivity index (χ1v) is 9.77. The summed E-state index contributed by atoms with van der Waals surface area (Å²) in [6, 6.07) is 9.77. The van der Waals surface area contributed by atoms with Crippen molar-refractivity contribution in [1.82, 2.24) is 25.1 Å². The van der Waals surface area contributed by atoms with Crippen LogP contribution in [0.25, 0.3) is 17.1 Å². The van der Waals surface area contributed by atoms with Gasteiger partial charge in [-0.1, -0.05) is 17.8 Å². The van der Waals surface area contributed by atoms with Crippen molar-refractivity contribution in [2.75, 3.05) is 7.11 Å². The molecule has 2 aromatic heterocycles. The molecule has 0 aliphatic rings. The zero-order chi connectivity index (χ0) is 21.0. The Labute approximate surface area is 172 Å². The summed E-state index contributed by atoms with van der Waals surface area (Å²) < 4.78 is 6.38. The quantitative estimate of drug-likeness (QED) is 0.643. The van der Waals surface area contributed by atoms with Crippen molar-refractivity contribution < 1.29 is 14.3 Å². The van der Waals surface area contributed by atoms with E-state index in [1.807, 2.05) is 48.7 Å². The summed E-state index contributed by atoms with van der Waals surface area (Å²) >= 11 is 1.21. The number of rotatable bonds is 5. The third kappa shape index (κ3) is 4.62. The second-order valence-electron chi connectivity index (χ2n) is 6.39. The molecule has 8 nitrogen and oxygen atoms in total. The molecule has 2 heterocycles. The number of amides is 2. The Bertz CT molecular complexity index is 1040. The molecule has 0 bridgehead atoms. The van der Waals surface area contributed by atoms with Crippen LogP contribution in [0.15, 0.2) is 47.9 Å². The largest absolute Gasteiger partial charge is 0.453 e. The van der Waals surface area contributed by atoms with Gasteiger partial charge in [0.25, 0.3) is 0 Å². The minimum atomic E-state index is -0.796. The molecule has 0 saturated heterocycles. The molecule has 0 fully saturated rings. The number of alkyl carbamates (subject to hydrolysis) is 1. The lowest BCUT2D eigenvalue weighted by molar-refractivity contribution is -0.119. The van der Waals surface area contributed by atoms with Gasteiger partial charge >= 0.3 is 6.09 Å². The first kappa shape index (κ1) is 20.5. The van der Waals surface area contributed by atoms with Crippen LogP contribution in [0.2, 0.25) is 0 Å². The van der Waals surface area contributed by atoms with Crippen molar-refractivity contribution >= 4 is 23.8 Å². The molecule has 9 heteroatoms. The van der Waals surface area contributed by atoms with E-state index in [2.05, 4.69) is 25.2 Å². The van der Waals surface area contributed by atoms with E-state index >= 15 is 0 Å². The van der Waals surface area contributed by atoms with Crippen LogP contribution in [-0.4, -0.2) is 44.1 Å². The number of nitrogens with one attached hydrogen (secondary N) is 1. The van der Waals surface area contributed by atoms with Gasteiger partial charge in [0.05, 0.1) is 18.0 Å². The number of hydrogen-bond acceptors (Lipinski definition) is 7. The Morgan fingerprint density at radius 3 is 2.48 bits per heavy atom. The number of aromatic nitrogens is 4. The minimum Gasteiger partial charge on any atom is -0.453 e. The summed E-state index contributed by atoms with van der Waals surface area (Å²) in [6.45, 7) is 5.77. The van der Waals surface area contributed by atoms with E-state index in [0.717, 1.165) is 16.8 Å². The van der Waals surface area contributed by atoms with E-state index in [-0.39, 0.29) is 0 Å². The number of carbonyl (C=O) groups is 2. The fourth-order valence-electron chi connectivity index (χ4n) is 2.60. The average molecular weight is 411 g/mol. The van der Waals surface area contributed by atoms with Crippen molar-refractivity contribution in [2.45, 2.75) is 31.2 Å². The van der Waals surface area contributed by atoms with Gasteiger partial charge in [0.1, 0.15) is 0 Å². The maximum atomic E-state index is 12.2. The number of pyridine rings is 1. The molecule has 0 aliphatic heterocycles. The highest BCUT2D eigenvalue weighted by molar-refractivity contribution is 8.00. The summed E-state index contributed by atoms with van der Waals surface area (Å²) in [4.78, 5) is 27.6. The van der Waals surface area contributed by atoms with Crippen LogP contribution in [0.4, 0.5) is 4.79 Å². The van der Waals surface area contributed by atoms with E-state index in [1.54, 1.807) is 19.3 Å². The maximum absolute atomic E-state index is 12.2. The first-order chi connectivity index (χ1) is 13.9. The molecule has 29 heavy (non-hydrogen) atoms. The predicted molar refractivity (Wildman–Crippen MR) is 110 cm³/mol. The van der Waals surface area contributed by atoms with Gasteiger partial charge in [-0.05, 0) is 56.2 Å². The molecule has 1 N–H and O–H groups in total. The van der Waals surface area contributed by atoms with E-state index in [0.29, 0.717) is 11.0 Å². The summed E-state index contributed by atoms with van der Waals surface area (Å²) in [6.07, 6.45) is 2.58. The topological polar surface area (TPSA) is 99.0 Å². The Balaban J connectivity index is 2.01. The van der Waals surface area contributed by atoms with Crippen LogP contribution in [-0.2, 0) is 9.53 Å². The third-order valence-electron chi connectivity index (χ3n) is 4.38. The van der Waals surface area contributed by atoms with E-state index < -0.39 is 17.3 Å². The Kier molecular flexibility index (Phi) is 6.28. The van der Waals surface area contributed by atoms with E-state index in [4.69, 9.17) is 0 Å². The zero-order valence-electron chi connectivity index (χ0n) is 16.5. The molecule has 0 unspecified atom stereocenters. The minimum absolute atomic E-state index is 0.470. The first-order valence-electron chi connectivity index (χ1n) is 8.89. The number of methoxy groups -OCH3 is 1. The average Bonchev–Trinajstić information content (AvgIpc) is 3.14. The summed E-state index contributed by atoms with van der Waals surface area (Å²) in [7, 11) is 1.21. The van der Waals surface area contributed by atoms with Crippen LogP contribution < -0.4 is 5.32 Å². The van der Waals surface area contributed by atoms with E-state index in [1.165, 1.54) is 24.4 Å². The monoisotopic (exact) mass is 411 g/mol. The molecule has 0 spiro atoms. The normalized spacial score (nSPS) is 11.7. The van der Waals surface area contributed by atoms with Gasteiger partial charge in [0.15, 0.2) is 11.0 Å². The van der Waals surface area contributed by atoms with Crippen LogP contribution >= 0.6 is 11.8 Å². The number of ether oxygens (including phenoxy) is 1. The van der Waals surface area contributed by atoms with Crippen LogP contribution in [0.1, 0.15) is 18.1 Å². The molecule has 1 aromatic carbocycles. The van der Waals surface area contributed by atoms with Crippen molar-refractivity contribution in [1.29, 1.82) is 0 Å². The Hall–Kier alpha value is -3.20. The molecule has 2 amide bonds. The van der Waals surface area contributed by atoms with Crippen LogP contribution in [0, 0.1) is 13.8 Å². The predicted octanol–water partition coefficient (Wildman–Crippen LogP) is 3.31. The number of thioether (sulfide) groups is 1. The van der Waals surface area contributed by atoms with Gasteiger partial charge in [0, 0.05) is 18.0 Å². The summed E-state index contributed by atoms with van der Waals surface area (Å²) in [5.74, 6) is 0.167. The Morgan fingerprint density at radius 2 is 1.83 bits per heavy atom. The standard InChI is InChI=1S/C20H21N5O3S/c1-12-5-6-16(11-13(12)2)25-17(15-7-9-21-10-8-15)23-24-19(25)29-14(3)18(26)22-20(27)28-4/h5-11,14H,1-4H3,(H,22,26,27)/t14-/m1/s1. The molecule has 0 radical (unpaired) electrons. The molecule has 3 aromatic rings. The van der Waals surface area contributed by atoms with E-state index in [9.17, 15) is 9.59 Å². The van der Waals surface area contributed by atoms with Gasteiger partial charge in [-0.25, -0.2) is 4.79 Å². The number of aryl methyl sites for hydroxylation is 2. The number of benzene rings is 1. The van der Waals surface area contributed by atoms with Crippen molar-refractivity contribution in [3.05, 3.63) is 53.9 Å². The SMILES string of the molecule is COC(=O)NC(=O)[C@@H](C)Sc1nnc(-c2ccncc2)n1-c1ccc(C)c(C)c1. The zero-order valence-corrected chi connectivity index (χ0v) is 17.4. The van der Waals surface area contributed by atoms with Crippen LogP contribution in [0.3, 0.4) is 0 Å². The number of nitrogens with zero attached hydrogens (tertiary/aromatic N) is 4. The maximum Gasteiger partial charge on any atom is 0.413 e. The Morgan fingerprint density at radius 1 is 1.10 bits per heavy atom. The van der Waals surface area contributed by atoms with Gasteiger partial charge in [-0.2, -0.15) is 0 Å². The van der Waals surface area contributed by atoms with Crippen molar-refractivity contribution in [3.8, 4) is 17.1 Å². The lowest BCUT2D eigenvalue weighted by Gasteiger charge is -2.14. The highest BCUT2D eigenvalue weighted by atomic mass is 32.2. The van der Waals surface area contributed by atoms with Crippen molar-refractivity contribution in [3.63, 3.8) is 0 Å². The number of imide groups is 1. The van der Waals surface area contributed by atoms with Gasteiger partial charge in [-0.3, -0.25) is 19.7 Å². The molecule has 1 atom stereocenters. The molecular formula is C20H21N5O3S. The molecule has 0 aliphatic carbocycles. The van der Waals surface area contributed by atoms with Gasteiger partial charge in [-0.15, -0.1) is 10.2 Å². The number of hydrogen-bond donors (Lipinski definition) is 1. The van der Waals surface area contributed by atoms with Crippen molar-refractivity contribution in [2.24, 2.45) is 0 Å².